The first-order chi connectivity index (χ1) is 9.03. The topological polar surface area (TPSA) is 62.5 Å². The van der Waals surface area contributed by atoms with Crippen LogP contribution in [0, 0.1) is 11.3 Å². The van der Waals surface area contributed by atoms with Crippen LogP contribution in [0.15, 0.2) is 24.3 Å². The number of aryl methyl sites for hydroxylation is 1. The van der Waals surface area contributed by atoms with Gasteiger partial charge in [-0.05, 0) is 30.9 Å². The summed E-state index contributed by atoms with van der Waals surface area (Å²) < 4.78 is 10.4. The van der Waals surface area contributed by atoms with Gasteiger partial charge in [-0.3, -0.25) is 0 Å². The average Bonchev–Trinajstić information content (AvgIpc) is 2.80. The maximum atomic E-state index is 10.9. The lowest BCUT2D eigenvalue weighted by atomic mass is 9.69. The lowest BCUT2D eigenvalue weighted by Gasteiger charge is -2.41. The molecule has 2 rings (SSSR count). The first-order valence-electron chi connectivity index (χ1n) is 6.31. The Morgan fingerprint density at radius 2 is 2.00 bits per heavy atom. The van der Waals surface area contributed by atoms with E-state index in [1.54, 1.807) is 6.92 Å². The molecule has 1 aromatic carbocycles. The standard InChI is InChI=1S/C15H19NO3/c1-14(17,13(18-2)19-3)15(10-16)9-8-11-6-4-5-7-12(11)15/h4-7,13,17H,8-9H2,1-3H3. The zero-order valence-corrected chi connectivity index (χ0v) is 11.5. The highest BCUT2D eigenvalue weighted by Gasteiger charge is 2.57. The molecule has 0 fully saturated rings. The molecular weight excluding hydrogens is 242 g/mol. The summed E-state index contributed by atoms with van der Waals surface area (Å²) in [7, 11) is 2.93. The van der Waals surface area contributed by atoms with Crippen molar-refractivity contribution < 1.29 is 14.6 Å². The molecule has 19 heavy (non-hydrogen) atoms. The van der Waals surface area contributed by atoms with Crippen LogP contribution in [0.5, 0.6) is 0 Å². The van der Waals surface area contributed by atoms with Gasteiger partial charge in [0, 0.05) is 14.2 Å². The van der Waals surface area contributed by atoms with Gasteiger partial charge in [-0.1, -0.05) is 24.3 Å². The third kappa shape index (κ3) is 1.86. The van der Waals surface area contributed by atoms with Gasteiger partial charge in [0.2, 0.25) is 0 Å². The number of nitrogens with zero attached hydrogens (tertiary/aromatic N) is 1. The van der Waals surface area contributed by atoms with E-state index in [1.807, 2.05) is 24.3 Å². The molecule has 0 spiro atoms. The number of nitriles is 1. The molecule has 4 heteroatoms. The largest absolute Gasteiger partial charge is 0.383 e. The van der Waals surface area contributed by atoms with Crippen molar-refractivity contribution in [1.29, 1.82) is 5.26 Å². The summed E-state index contributed by atoms with van der Waals surface area (Å²) in [5.74, 6) is 0. The van der Waals surface area contributed by atoms with Crippen molar-refractivity contribution in [3.8, 4) is 6.07 Å². The van der Waals surface area contributed by atoms with Gasteiger partial charge in [0.25, 0.3) is 0 Å². The first-order valence-corrected chi connectivity index (χ1v) is 6.31. The van der Waals surface area contributed by atoms with Gasteiger partial charge in [0.05, 0.1) is 6.07 Å². The second-order valence-corrected chi connectivity index (χ2v) is 5.13. The Balaban J connectivity index is 2.55. The molecule has 0 aromatic heterocycles. The van der Waals surface area contributed by atoms with Gasteiger partial charge in [0.1, 0.15) is 11.0 Å². The lowest BCUT2D eigenvalue weighted by molar-refractivity contribution is -0.226. The predicted molar refractivity (Wildman–Crippen MR) is 70.5 cm³/mol. The summed E-state index contributed by atoms with van der Waals surface area (Å²) in [5, 5.41) is 20.6. The molecule has 0 radical (unpaired) electrons. The Hall–Kier alpha value is -1.41. The Kier molecular flexibility index (Phi) is 3.64. The lowest BCUT2D eigenvalue weighted by Crippen LogP contribution is -2.56. The van der Waals surface area contributed by atoms with E-state index in [2.05, 4.69) is 6.07 Å². The summed E-state index contributed by atoms with van der Waals surface area (Å²) in [4.78, 5) is 0. The number of fused-ring (bicyclic) bond motifs is 1. The molecular formula is C15H19NO3. The number of benzene rings is 1. The Bertz CT molecular complexity index is 502. The van der Waals surface area contributed by atoms with Crippen LogP contribution in [0.25, 0.3) is 0 Å². The number of methoxy groups -OCH3 is 2. The van der Waals surface area contributed by atoms with Gasteiger partial charge in [-0.2, -0.15) is 5.26 Å². The van der Waals surface area contributed by atoms with Crippen molar-refractivity contribution in [3.63, 3.8) is 0 Å². The second-order valence-electron chi connectivity index (χ2n) is 5.13. The van der Waals surface area contributed by atoms with Crippen LogP contribution < -0.4 is 0 Å². The SMILES string of the molecule is COC(OC)C(C)(O)C1(C#N)CCc2ccccc21. The van der Waals surface area contributed by atoms with Gasteiger partial charge in [-0.25, -0.2) is 0 Å². The van der Waals surface area contributed by atoms with E-state index in [1.165, 1.54) is 14.2 Å². The molecule has 0 amide bonds. The van der Waals surface area contributed by atoms with E-state index < -0.39 is 17.3 Å². The van der Waals surface area contributed by atoms with Crippen molar-refractivity contribution in [2.75, 3.05) is 14.2 Å². The Morgan fingerprint density at radius 1 is 1.37 bits per heavy atom. The summed E-state index contributed by atoms with van der Waals surface area (Å²) in [6.45, 7) is 1.61. The fourth-order valence-corrected chi connectivity index (χ4v) is 3.12. The van der Waals surface area contributed by atoms with Crippen LogP contribution in [0.4, 0.5) is 0 Å². The van der Waals surface area contributed by atoms with E-state index >= 15 is 0 Å². The van der Waals surface area contributed by atoms with Crippen LogP contribution in [0.1, 0.15) is 24.5 Å². The first kappa shape index (κ1) is 14.0. The zero-order chi connectivity index (χ0) is 14.1. The molecule has 102 valence electrons. The van der Waals surface area contributed by atoms with Gasteiger partial charge in [0.15, 0.2) is 6.29 Å². The summed E-state index contributed by atoms with van der Waals surface area (Å²) in [6.07, 6.45) is 0.498. The van der Waals surface area contributed by atoms with E-state index in [4.69, 9.17) is 9.47 Å². The number of aliphatic hydroxyl groups is 1. The molecule has 0 saturated carbocycles. The van der Waals surface area contributed by atoms with Crippen LogP contribution >= 0.6 is 0 Å². The minimum atomic E-state index is -1.42. The number of hydrogen-bond donors (Lipinski definition) is 1. The maximum absolute atomic E-state index is 10.9. The molecule has 0 aliphatic heterocycles. The van der Waals surface area contributed by atoms with Crippen LogP contribution in [-0.2, 0) is 21.3 Å². The molecule has 0 bridgehead atoms. The van der Waals surface area contributed by atoms with Crippen molar-refractivity contribution >= 4 is 0 Å². The monoisotopic (exact) mass is 261 g/mol. The second kappa shape index (κ2) is 4.93. The highest BCUT2D eigenvalue weighted by Crippen LogP contribution is 2.47. The summed E-state index contributed by atoms with van der Waals surface area (Å²) >= 11 is 0. The fraction of sp³-hybridized carbons (Fsp3) is 0.533. The van der Waals surface area contributed by atoms with Crippen molar-refractivity contribution in [3.05, 3.63) is 35.4 Å². The molecule has 2 unspecified atom stereocenters. The molecule has 0 heterocycles. The van der Waals surface area contributed by atoms with E-state index in [0.29, 0.717) is 6.42 Å². The van der Waals surface area contributed by atoms with Gasteiger partial charge in [-0.15, -0.1) is 0 Å². The number of hydrogen-bond acceptors (Lipinski definition) is 4. The number of ether oxygens (including phenoxy) is 2. The highest BCUT2D eigenvalue weighted by molar-refractivity contribution is 5.47. The maximum Gasteiger partial charge on any atom is 0.187 e. The molecule has 2 atom stereocenters. The highest BCUT2D eigenvalue weighted by atomic mass is 16.7. The smallest absolute Gasteiger partial charge is 0.187 e. The van der Waals surface area contributed by atoms with Crippen LogP contribution in [0.3, 0.4) is 0 Å². The summed E-state index contributed by atoms with van der Waals surface area (Å²) in [6, 6.07) is 10.1. The average molecular weight is 261 g/mol. The van der Waals surface area contributed by atoms with Gasteiger partial charge >= 0.3 is 0 Å². The third-order valence-corrected chi connectivity index (χ3v) is 4.19. The fourth-order valence-electron chi connectivity index (χ4n) is 3.12. The Morgan fingerprint density at radius 3 is 2.58 bits per heavy atom. The molecule has 0 saturated heterocycles. The Labute approximate surface area is 113 Å². The van der Waals surface area contributed by atoms with Crippen molar-refractivity contribution in [1.82, 2.24) is 0 Å². The van der Waals surface area contributed by atoms with Crippen LogP contribution in [0.2, 0.25) is 0 Å². The predicted octanol–water partition coefficient (Wildman–Crippen LogP) is 1.76. The van der Waals surface area contributed by atoms with Crippen molar-refractivity contribution in [2.24, 2.45) is 0 Å². The molecule has 1 aliphatic rings. The minimum Gasteiger partial charge on any atom is -0.383 e. The molecule has 4 nitrogen and oxygen atoms in total. The third-order valence-electron chi connectivity index (χ3n) is 4.19. The summed E-state index contributed by atoms with van der Waals surface area (Å²) in [5.41, 5.74) is -0.435. The quantitative estimate of drug-likeness (QED) is 0.839. The normalized spacial score (nSPS) is 24.8. The molecule has 1 aliphatic carbocycles. The van der Waals surface area contributed by atoms with E-state index in [-0.39, 0.29) is 0 Å². The van der Waals surface area contributed by atoms with Crippen LogP contribution in [-0.4, -0.2) is 31.2 Å². The minimum absolute atomic E-state index is 0.569. The number of rotatable bonds is 4. The zero-order valence-electron chi connectivity index (χ0n) is 11.5. The van der Waals surface area contributed by atoms with Crippen molar-refractivity contribution in [2.45, 2.75) is 37.1 Å². The van der Waals surface area contributed by atoms with E-state index in [9.17, 15) is 10.4 Å². The van der Waals surface area contributed by atoms with E-state index in [0.717, 1.165) is 17.5 Å². The molecule has 1 N–H and O–H groups in total. The molecule has 1 aromatic rings. The van der Waals surface area contributed by atoms with Gasteiger partial charge < -0.3 is 14.6 Å².